The summed E-state index contributed by atoms with van der Waals surface area (Å²) in [6.07, 6.45) is -2.29. The van der Waals surface area contributed by atoms with Crippen molar-refractivity contribution in [1.82, 2.24) is 0 Å². The minimum absolute atomic E-state index is 0.247. The summed E-state index contributed by atoms with van der Waals surface area (Å²) in [6.45, 7) is 0.247. The van der Waals surface area contributed by atoms with Crippen LogP contribution in [0, 0.1) is 23.3 Å². The molecule has 3 atom stereocenters. The summed E-state index contributed by atoms with van der Waals surface area (Å²) in [6, 6.07) is 0.468. The lowest BCUT2D eigenvalue weighted by Gasteiger charge is -2.17. The number of hydrogen-bond acceptors (Lipinski definition) is 2. The fourth-order valence-corrected chi connectivity index (χ4v) is 2.28. The molecule has 0 amide bonds. The minimum atomic E-state index is -1.93. The number of ether oxygens (including phenoxy) is 1. The van der Waals surface area contributed by atoms with Crippen molar-refractivity contribution in [3.63, 3.8) is 0 Å². The van der Waals surface area contributed by atoms with E-state index in [1.54, 1.807) is 0 Å². The Morgan fingerprint density at radius 2 is 1.85 bits per heavy atom. The fraction of sp³-hybridized carbons (Fsp3) is 0.538. The van der Waals surface area contributed by atoms with E-state index in [0.29, 0.717) is 18.9 Å². The first-order valence-corrected chi connectivity index (χ1v) is 6.25. The predicted molar refractivity (Wildman–Crippen MR) is 61.8 cm³/mol. The fourth-order valence-electron chi connectivity index (χ4n) is 2.28. The molecule has 1 aromatic carbocycles. The van der Waals surface area contributed by atoms with Gasteiger partial charge in [0, 0.05) is 13.0 Å². The maximum absolute atomic E-state index is 14.0. The van der Waals surface area contributed by atoms with E-state index >= 15 is 0 Å². The molecule has 1 aliphatic rings. The summed E-state index contributed by atoms with van der Waals surface area (Å²) in [4.78, 5) is 0. The van der Waals surface area contributed by atoms with E-state index in [1.807, 2.05) is 0 Å². The van der Waals surface area contributed by atoms with Gasteiger partial charge >= 0.3 is 0 Å². The Hall–Kier alpha value is -1.21. The molecule has 1 saturated heterocycles. The highest BCUT2D eigenvalue weighted by Gasteiger charge is 2.32. The van der Waals surface area contributed by atoms with Crippen LogP contribution in [0.5, 0.6) is 0 Å². The van der Waals surface area contributed by atoms with Crippen molar-refractivity contribution in [3.8, 4) is 0 Å². The maximum Gasteiger partial charge on any atom is 0.197 e. The molecule has 1 heterocycles. The van der Waals surface area contributed by atoms with Crippen molar-refractivity contribution in [3.05, 3.63) is 34.9 Å². The van der Waals surface area contributed by atoms with Crippen molar-refractivity contribution in [1.29, 1.82) is 0 Å². The molecule has 0 saturated carbocycles. The van der Waals surface area contributed by atoms with Gasteiger partial charge in [-0.05, 0) is 24.5 Å². The number of nitrogens with two attached hydrogens (primary N) is 1. The number of hydrogen-bond donors (Lipinski definition) is 1. The highest BCUT2D eigenvalue weighted by molar-refractivity contribution is 5.22. The Bertz CT molecular complexity index is 496. The smallest absolute Gasteiger partial charge is 0.197 e. The molecule has 1 fully saturated rings. The molecule has 2 rings (SSSR count). The summed E-state index contributed by atoms with van der Waals surface area (Å²) in [5.41, 5.74) is 4.83. The lowest BCUT2D eigenvalue weighted by molar-refractivity contribution is 0.00190. The number of rotatable bonds is 4. The highest BCUT2D eigenvalue weighted by atomic mass is 19.2. The molecule has 2 nitrogen and oxygen atoms in total. The normalized spacial score (nSPS) is 24.1. The number of alkyl halides is 1. The Morgan fingerprint density at radius 1 is 1.15 bits per heavy atom. The van der Waals surface area contributed by atoms with Crippen LogP contribution in [-0.4, -0.2) is 24.9 Å². The van der Waals surface area contributed by atoms with E-state index in [9.17, 15) is 22.0 Å². The highest BCUT2D eigenvalue weighted by Crippen LogP contribution is 2.27. The summed E-state index contributed by atoms with van der Waals surface area (Å²) in [5.74, 6) is -6.94. The Balaban J connectivity index is 2.10. The second-order valence-electron chi connectivity index (χ2n) is 4.79. The zero-order valence-corrected chi connectivity index (χ0v) is 10.5. The topological polar surface area (TPSA) is 35.2 Å². The summed E-state index contributed by atoms with van der Waals surface area (Å²) in [7, 11) is 0. The number of benzene rings is 1. The van der Waals surface area contributed by atoms with E-state index in [-0.39, 0.29) is 12.6 Å². The molecule has 0 bridgehead atoms. The summed E-state index contributed by atoms with van der Waals surface area (Å²) >= 11 is 0. The quantitative estimate of drug-likeness (QED) is 0.526. The predicted octanol–water partition coefficient (Wildman–Crippen LogP) is 2.63. The van der Waals surface area contributed by atoms with Crippen LogP contribution in [0.2, 0.25) is 0 Å². The molecule has 3 unspecified atom stereocenters. The van der Waals surface area contributed by atoms with Crippen molar-refractivity contribution < 1.29 is 26.7 Å². The molecular weight excluding hydrogens is 281 g/mol. The molecule has 2 N–H and O–H groups in total. The molecule has 7 heteroatoms. The van der Waals surface area contributed by atoms with Gasteiger partial charge in [-0.3, -0.25) is 0 Å². The molecule has 1 aliphatic heterocycles. The number of halogens is 5. The van der Waals surface area contributed by atoms with Crippen LogP contribution in [0.1, 0.15) is 18.4 Å². The van der Waals surface area contributed by atoms with Crippen molar-refractivity contribution in [2.75, 3.05) is 6.54 Å². The molecule has 20 heavy (non-hydrogen) atoms. The Kier molecular flexibility index (Phi) is 4.59. The summed E-state index contributed by atoms with van der Waals surface area (Å²) < 4.78 is 71.5. The van der Waals surface area contributed by atoms with Gasteiger partial charge in [-0.1, -0.05) is 0 Å². The Morgan fingerprint density at radius 3 is 2.45 bits per heavy atom. The van der Waals surface area contributed by atoms with Gasteiger partial charge in [-0.15, -0.1) is 0 Å². The molecule has 0 aliphatic carbocycles. The van der Waals surface area contributed by atoms with Gasteiger partial charge in [0.05, 0.1) is 12.2 Å². The molecular formula is C13H14F5NO. The van der Waals surface area contributed by atoms with Gasteiger partial charge in [0.2, 0.25) is 0 Å². The SMILES string of the molecule is NCC1CCC(C(F)Cc2cc(F)c(F)c(F)c2F)O1. The lowest BCUT2D eigenvalue weighted by atomic mass is 10.0. The van der Waals surface area contributed by atoms with Crippen LogP contribution >= 0.6 is 0 Å². The molecule has 0 aromatic heterocycles. The van der Waals surface area contributed by atoms with Gasteiger partial charge < -0.3 is 10.5 Å². The first-order valence-electron chi connectivity index (χ1n) is 6.25. The first kappa shape index (κ1) is 15.2. The van der Waals surface area contributed by atoms with Crippen LogP contribution in [0.25, 0.3) is 0 Å². The molecule has 0 spiro atoms. The van der Waals surface area contributed by atoms with Gasteiger partial charge in [0.15, 0.2) is 23.3 Å². The van der Waals surface area contributed by atoms with Crippen molar-refractivity contribution in [2.45, 2.75) is 37.6 Å². The second kappa shape index (κ2) is 6.05. The third kappa shape index (κ3) is 2.93. The monoisotopic (exact) mass is 295 g/mol. The van der Waals surface area contributed by atoms with Gasteiger partial charge in [-0.25, -0.2) is 22.0 Å². The third-order valence-corrected chi connectivity index (χ3v) is 3.40. The largest absolute Gasteiger partial charge is 0.371 e. The van der Waals surface area contributed by atoms with E-state index in [4.69, 9.17) is 10.5 Å². The second-order valence-corrected chi connectivity index (χ2v) is 4.79. The zero-order valence-electron chi connectivity index (χ0n) is 10.5. The third-order valence-electron chi connectivity index (χ3n) is 3.40. The van der Waals surface area contributed by atoms with E-state index in [1.165, 1.54) is 0 Å². The Labute approximate surface area is 112 Å². The summed E-state index contributed by atoms with van der Waals surface area (Å²) in [5, 5.41) is 0. The molecule has 1 aromatic rings. The molecule has 0 radical (unpaired) electrons. The minimum Gasteiger partial charge on any atom is -0.371 e. The lowest BCUT2D eigenvalue weighted by Crippen LogP contribution is -2.27. The van der Waals surface area contributed by atoms with Gasteiger partial charge in [-0.2, -0.15) is 0 Å². The van der Waals surface area contributed by atoms with E-state index in [2.05, 4.69) is 0 Å². The van der Waals surface area contributed by atoms with Crippen LogP contribution in [0.4, 0.5) is 22.0 Å². The average molecular weight is 295 g/mol. The van der Waals surface area contributed by atoms with Crippen LogP contribution in [-0.2, 0) is 11.2 Å². The van der Waals surface area contributed by atoms with Crippen LogP contribution in [0.15, 0.2) is 6.07 Å². The van der Waals surface area contributed by atoms with Crippen LogP contribution in [0.3, 0.4) is 0 Å². The van der Waals surface area contributed by atoms with E-state index in [0.717, 1.165) is 0 Å². The van der Waals surface area contributed by atoms with Crippen molar-refractivity contribution in [2.24, 2.45) is 5.73 Å². The average Bonchev–Trinajstić information content (AvgIpc) is 2.91. The standard InChI is InChI=1S/C13H14F5NO/c14-8(10-2-1-7(5-19)20-10)3-6-4-9(15)12(17)13(18)11(6)16/h4,7-8,10H,1-3,5,19H2. The van der Waals surface area contributed by atoms with Crippen LogP contribution < -0.4 is 5.73 Å². The maximum atomic E-state index is 14.0. The molecule has 112 valence electrons. The van der Waals surface area contributed by atoms with Gasteiger partial charge in [0.1, 0.15) is 6.17 Å². The van der Waals surface area contributed by atoms with E-state index < -0.39 is 47.5 Å². The zero-order chi connectivity index (χ0) is 14.9. The van der Waals surface area contributed by atoms with Gasteiger partial charge in [0.25, 0.3) is 0 Å². The first-order chi connectivity index (χ1) is 9.43. The van der Waals surface area contributed by atoms with Crippen molar-refractivity contribution >= 4 is 0 Å².